The lowest BCUT2D eigenvalue weighted by atomic mass is 10.2. The zero-order chi connectivity index (χ0) is 9.68. The Labute approximate surface area is 75.6 Å². The first-order chi connectivity index (χ1) is 6.27. The van der Waals surface area contributed by atoms with Gasteiger partial charge in [0.2, 0.25) is 0 Å². The number of hydrogen-bond donors (Lipinski definition) is 2. The molecule has 0 atom stereocenters. The predicted molar refractivity (Wildman–Crippen MR) is 47.3 cm³/mol. The van der Waals surface area contributed by atoms with Crippen molar-refractivity contribution in [1.29, 1.82) is 5.26 Å². The molecule has 0 aliphatic carbocycles. The van der Waals surface area contributed by atoms with Crippen molar-refractivity contribution in [2.45, 2.75) is 0 Å². The van der Waals surface area contributed by atoms with Crippen molar-refractivity contribution in [2.24, 2.45) is 0 Å². The van der Waals surface area contributed by atoms with Gasteiger partial charge < -0.3 is 10.8 Å². The number of nitrogen functional groups attached to an aromatic ring is 1. The molecule has 0 amide bonds. The summed E-state index contributed by atoms with van der Waals surface area (Å²) in [5.41, 5.74) is 6.56. The molecule has 0 aliphatic heterocycles. The van der Waals surface area contributed by atoms with Crippen molar-refractivity contribution in [3.8, 4) is 17.9 Å². The summed E-state index contributed by atoms with van der Waals surface area (Å²) in [6, 6.07) is 3.39. The van der Waals surface area contributed by atoms with Crippen LogP contribution in [0.15, 0.2) is 12.3 Å². The topological polar surface area (TPSA) is 82.9 Å². The quantitative estimate of drug-likeness (QED) is 0.536. The van der Waals surface area contributed by atoms with Crippen molar-refractivity contribution < 1.29 is 5.11 Å². The Kier molecular flexibility index (Phi) is 2.86. The van der Waals surface area contributed by atoms with E-state index in [9.17, 15) is 0 Å². The standard InChI is InChI=1S/C9H7N3O/c10-5-9-8(11)4-7(6-12-9)2-1-3-13/h4,6,13H,3,11H2. The molecule has 0 aromatic carbocycles. The van der Waals surface area contributed by atoms with Crippen LogP contribution in [0.1, 0.15) is 11.3 Å². The van der Waals surface area contributed by atoms with Crippen LogP contribution in [-0.2, 0) is 0 Å². The third kappa shape index (κ3) is 2.19. The molecule has 0 radical (unpaired) electrons. The van der Waals surface area contributed by atoms with Crippen molar-refractivity contribution in [1.82, 2.24) is 4.98 Å². The average molecular weight is 173 g/mol. The summed E-state index contributed by atoms with van der Waals surface area (Å²) in [4.78, 5) is 3.78. The van der Waals surface area contributed by atoms with Crippen LogP contribution in [0.2, 0.25) is 0 Å². The summed E-state index contributed by atoms with van der Waals surface area (Å²) < 4.78 is 0. The molecule has 4 nitrogen and oxygen atoms in total. The van der Waals surface area contributed by atoms with Crippen molar-refractivity contribution >= 4 is 5.69 Å². The number of nitrogens with two attached hydrogens (primary N) is 1. The van der Waals surface area contributed by atoms with Gasteiger partial charge in [0, 0.05) is 11.8 Å². The normalized spacial score (nSPS) is 8.31. The summed E-state index contributed by atoms with van der Waals surface area (Å²) >= 11 is 0. The van der Waals surface area contributed by atoms with Crippen LogP contribution in [0.5, 0.6) is 0 Å². The van der Waals surface area contributed by atoms with Gasteiger partial charge in [-0.3, -0.25) is 0 Å². The third-order valence-corrected chi connectivity index (χ3v) is 1.33. The Hall–Kier alpha value is -2.04. The van der Waals surface area contributed by atoms with Crippen LogP contribution in [0.4, 0.5) is 5.69 Å². The molecular weight excluding hydrogens is 166 g/mol. The fourth-order valence-corrected chi connectivity index (χ4v) is 0.785. The van der Waals surface area contributed by atoms with E-state index in [0.29, 0.717) is 11.3 Å². The Morgan fingerprint density at radius 3 is 2.92 bits per heavy atom. The second-order valence-corrected chi connectivity index (χ2v) is 2.23. The highest BCUT2D eigenvalue weighted by molar-refractivity contribution is 5.53. The first-order valence-electron chi connectivity index (χ1n) is 3.53. The van der Waals surface area contributed by atoms with Crippen LogP contribution < -0.4 is 5.73 Å². The second-order valence-electron chi connectivity index (χ2n) is 2.23. The molecule has 0 saturated heterocycles. The van der Waals surface area contributed by atoms with Gasteiger partial charge in [-0.1, -0.05) is 11.8 Å². The van der Waals surface area contributed by atoms with E-state index in [1.807, 2.05) is 6.07 Å². The molecule has 0 spiro atoms. The zero-order valence-corrected chi connectivity index (χ0v) is 6.78. The Balaban J connectivity index is 3.04. The molecule has 1 aromatic heterocycles. The van der Waals surface area contributed by atoms with E-state index >= 15 is 0 Å². The van der Waals surface area contributed by atoms with Crippen molar-refractivity contribution in [3.05, 3.63) is 23.5 Å². The zero-order valence-electron chi connectivity index (χ0n) is 6.78. The van der Waals surface area contributed by atoms with E-state index < -0.39 is 0 Å². The maximum absolute atomic E-state index is 8.52. The van der Waals surface area contributed by atoms with Crippen molar-refractivity contribution in [3.63, 3.8) is 0 Å². The monoisotopic (exact) mass is 173 g/mol. The van der Waals surface area contributed by atoms with Gasteiger partial charge in [-0.15, -0.1) is 0 Å². The maximum Gasteiger partial charge on any atom is 0.163 e. The number of aliphatic hydroxyl groups excluding tert-OH is 1. The van der Waals surface area contributed by atoms with Crippen LogP contribution in [0.3, 0.4) is 0 Å². The molecule has 64 valence electrons. The lowest BCUT2D eigenvalue weighted by Crippen LogP contribution is -1.94. The van der Waals surface area contributed by atoms with E-state index in [1.54, 1.807) is 6.07 Å². The van der Waals surface area contributed by atoms with Gasteiger partial charge in [0.15, 0.2) is 5.69 Å². The van der Waals surface area contributed by atoms with Gasteiger partial charge in [-0.2, -0.15) is 5.26 Å². The summed E-state index contributed by atoms with van der Waals surface area (Å²) in [6.45, 7) is -0.208. The van der Waals surface area contributed by atoms with Gasteiger partial charge in [0.1, 0.15) is 12.7 Å². The number of anilines is 1. The molecule has 0 fully saturated rings. The van der Waals surface area contributed by atoms with E-state index in [4.69, 9.17) is 16.1 Å². The number of rotatable bonds is 0. The summed E-state index contributed by atoms with van der Waals surface area (Å²) in [7, 11) is 0. The summed E-state index contributed by atoms with van der Waals surface area (Å²) in [5.74, 6) is 5.09. The molecule has 1 aromatic rings. The van der Waals surface area contributed by atoms with E-state index in [2.05, 4.69) is 16.8 Å². The molecule has 0 aliphatic rings. The molecule has 0 bridgehead atoms. The highest BCUT2D eigenvalue weighted by Gasteiger charge is 1.98. The van der Waals surface area contributed by atoms with Gasteiger partial charge in [-0.25, -0.2) is 4.98 Å². The summed E-state index contributed by atoms with van der Waals surface area (Å²) in [5, 5.41) is 16.9. The average Bonchev–Trinajstić information content (AvgIpc) is 2.15. The molecule has 4 heteroatoms. The minimum Gasteiger partial charge on any atom is -0.396 e. The Morgan fingerprint density at radius 2 is 2.38 bits per heavy atom. The fraction of sp³-hybridized carbons (Fsp3) is 0.111. The predicted octanol–water partition coefficient (Wildman–Crippen LogP) is -0.121. The lowest BCUT2D eigenvalue weighted by Gasteiger charge is -1.95. The molecule has 1 heterocycles. The smallest absolute Gasteiger partial charge is 0.163 e. The Bertz CT molecular complexity index is 409. The minimum atomic E-state index is -0.208. The number of aliphatic hydroxyl groups is 1. The second kappa shape index (κ2) is 4.10. The van der Waals surface area contributed by atoms with Crippen LogP contribution in [-0.4, -0.2) is 16.7 Å². The fourth-order valence-electron chi connectivity index (χ4n) is 0.785. The van der Waals surface area contributed by atoms with Crippen LogP contribution in [0.25, 0.3) is 0 Å². The van der Waals surface area contributed by atoms with Gasteiger partial charge in [-0.05, 0) is 6.07 Å². The molecule has 0 unspecified atom stereocenters. The number of aromatic nitrogens is 1. The van der Waals surface area contributed by atoms with Gasteiger partial charge in [0.05, 0.1) is 5.69 Å². The number of hydrogen-bond acceptors (Lipinski definition) is 4. The number of nitriles is 1. The van der Waals surface area contributed by atoms with Gasteiger partial charge >= 0.3 is 0 Å². The van der Waals surface area contributed by atoms with E-state index in [-0.39, 0.29) is 12.3 Å². The molecule has 13 heavy (non-hydrogen) atoms. The largest absolute Gasteiger partial charge is 0.396 e. The molecule has 3 N–H and O–H groups in total. The first kappa shape index (κ1) is 9.05. The lowest BCUT2D eigenvalue weighted by molar-refractivity contribution is 0.350. The SMILES string of the molecule is N#Cc1ncc(C#CCO)cc1N. The molecule has 0 saturated carbocycles. The summed E-state index contributed by atoms with van der Waals surface area (Å²) in [6.07, 6.45) is 1.44. The van der Waals surface area contributed by atoms with Gasteiger partial charge in [0.25, 0.3) is 0 Å². The highest BCUT2D eigenvalue weighted by Crippen LogP contribution is 2.08. The minimum absolute atomic E-state index is 0.189. The highest BCUT2D eigenvalue weighted by atomic mass is 16.2. The van der Waals surface area contributed by atoms with Crippen LogP contribution >= 0.6 is 0 Å². The third-order valence-electron chi connectivity index (χ3n) is 1.33. The Morgan fingerprint density at radius 1 is 1.62 bits per heavy atom. The maximum atomic E-state index is 8.52. The molecule has 1 rings (SSSR count). The number of nitrogens with zero attached hydrogens (tertiary/aromatic N) is 2. The van der Waals surface area contributed by atoms with Crippen molar-refractivity contribution in [2.75, 3.05) is 12.3 Å². The van der Waals surface area contributed by atoms with E-state index in [1.165, 1.54) is 6.20 Å². The number of pyridine rings is 1. The van der Waals surface area contributed by atoms with E-state index in [0.717, 1.165) is 0 Å². The molecular formula is C9H7N3O. The first-order valence-corrected chi connectivity index (χ1v) is 3.53. The van der Waals surface area contributed by atoms with Crippen LogP contribution in [0, 0.1) is 23.2 Å².